The Morgan fingerprint density at radius 2 is 2.00 bits per heavy atom. The highest BCUT2D eigenvalue weighted by Gasteiger charge is 2.37. The van der Waals surface area contributed by atoms with Gasteiger partial charge in [-0.05, 0) is 62.3 Å². The first kappa shape index (κ1) is 18.9. The van der Waals surface area contributed by atoms with Crippen LogP contribution >= 0.6 is 0 Å². The van der Waals surface area contributed by atoms with Crippen molar-refractivity contribution in [3.05, 3.63) is 29.3 Å². The molecule has 1 aromatic rings. The second-order valence-electron chi connectivity index (χ2n) is 8.02. The summed E-state index contributed by atoms with van der Waals surface area (Å²) in [6, 6.07) is 6.38. The summed E-state index contributed by atoms with van der Waals surface area (Å²) >= 11 is 0. The van der Waals surface area contributed by atoms with Gasteiger partial charge in [-0.15, -0.1) is 0 Å². The van der Waals surface area contributed by atoms with Gasteiger partial charge in [0.2, 0.25) is 5.91 Å². The molecule has 0 bridgehead atoms. The van der Waals surface area contributed by atoms with Crippen molar-refractivity contribution in [2.45, 2.75) is 64.7 Å². The summed E-state index contributed by atoms with van der Waals surface area (Å²) < 4.78 is 0. The second-order valence-corrected chi connectivity index (χ2v) is 8.02. The molecule has 0 spiro atoms. The first-order valence-electron chi connectivity index (χ1n) is 9.89. The number of aryl methyl sites for hydroxylation is 1. The highest BCUT2D eigenvalue weighted by atomic mass is 16.5. The van der Waals surface area contributed by atoms with Crippen molar-refractivity contribution in [2.75, 3.05) is 18.0 Å². The molecule has 1 heterocycles. The first-order chi connectivity index (χ1) is 12.5. The minimum absolute atomic E-state index is 0.278. The van der Waals surface area contributed by atoms with Crippen molar-refractivity contribution in [1.82, 2.24) is 5.48 Å². The Hall–Kier alpha value is -1.88. The van der Waals surface area contributed by atoms with Gasteiger partial charge in [0.15, 0.2) is 5.78 Å². The average molecular weight is 358 g/mol. The highest BCUT2D eigenvalue weighted by molar-refractivity contribution is 6.02. The van der Waals surface area contributed by atoms with Gasteiger partial charge in [0, 0.05) is 36.2 Å². The summed E-state index contributed by atoms with van der Waals surface area (Å²) in [5, 5.41) is 8.51. The van der Waals surface area contributed by atoms with E-state index >= 15 is 0 Å². The number of amides is 1. The van der Waals surface area contributed by atoms with Crippen LogP contribution in [0.3, 0.4) is 0 Å². The van der Waals surface area contributed by atoms with Gasteiger partial charge in [-0.1, -0.05) is 19.8 Å². The topological polar surface area (TPSA) is 69.6 Å². The Bertz CT molecular complexity index is 667. The van der Waals surface area contributed by atoms with Crippen molar-refractivity contribution >= 4 is 17.4 Å². The largest absolute Gasteiger partial charge is 0.372 e. The van der Waals surface area contributed by atoms with Gasteiger partial charge in [-0.25, -0.2) is 5.48 Å². The molecule has 2 N–H and O–H groups in total. The smallest absolute Gasteiger partial charge is 0.243 e. The number of hydrogen-bond acceptors (Lipinski definition) is 4. The molecule has 1 aromatic carbocycles. The van der Waals surface area contributed by atoms with E-state index in [4.69, 9.17) is 5.21 Å². The molecular formula is C21H30N2O3. The number of Topliss-reactive ketones (excluding diaryl/α,β-unsaturated/α-hetero) is 1. The number of fused-ring (bicyclic) bond motifs is 1. The van der Waals surface area contributed by atoms with E-state index in [1.165, 1.54) is 24.1 Å². The minimum atomic E-state index is -0.340. The van der Waals surface area contributed by atoms with Gasteiger partial charge in [0.1, 0.15) is 0 Å². The third kappa shape index (κ3) is 4.09. The third-order valence-corrected chi connectivity index (χ3v) is 6.06. The molecule has 1 aliphatic heterocycles. The van der Waals surface area contributed by atoms with Crippen LogP contribution in [0.5, 0.6) is 0 Å². The number of nitrogens with zero attached hydrogens (tertiary/aromatic N) is 1. The molecule has 26 heavy (non-hydrogen) atoms. The molecule has 1 fully saturated rings. The normalized spacial score (nSPS) is 22.4. The van der Waals surface area contributed by atoms with Crippen molar-refractivity contribution in [2.24, 2.45) is 5.41 Å². The Morgan fingerprint density at radius 1 is 1.23 bits per heavy atom. The number of rotatable bonds is 7. The molecule has 3 rings (SSSR count). The van der Waals surface area contributed by atoms with E-state index in [-0.39, 0.29) is 17.1 Å². The number of carbonyl (C=O) groups excluding carboxylic acids is 2. The molecule has 0 saturated carbocycles. The quantitative estimate of drug-likeness (QED) is 0.441. The number of nitrogens with one attached hydrogen (secondary N) is 1. The number of hydroxylamine groups is 1. The number of hydrogen-bond donors (Lipinski definition) is 2. The molecule has 0 aromatic heterocycles. The van der Waals surface area contributed by atoms with Gasteiger partial charge >= 0.3 is 0 Å². The molecule has 0 radical (unpaired) electrons. The zero-order chi connectivity index (χ0) is 18.6. The Kier molecular flexibility index (Phi) is 5.97. The summed E-state index contributed by atoms with van der Waals surface area (Å²) in [5.41, 5.74) is 4.74. The minimum Gasteiger partial charge on any atom is -0.372 e. The number of unbranched alkanes of at least 4 members (excludes halogenated alkanes) is 2. The SMILES string of the molecule is CC1(CCCCCC(=O)NO)CCc2cc(N3CCCC3)ccc2C1=O. The van der Waals surface area contributed by atoms with Crippen molar-refractivity contribution < 1.29 is 14.8 Å². The van der Waals surface area contributed by atoms with Gasteiger partial charge in [-0.2, -0.15) is 0 Å². The third-order valence-electron chi connectivity index (χ3n) is 6.06. The van der Waals surface area contributed by atoms with E-state index in [0.717, 1.165) is 57.2 Å². The van der Waals surface area contributed by atoms with Crippen molar-refractivity contribution in [1.29, 1.82) is 0 Å². The second kappa shape index (κ2) is 8.21. The molecule has 1 amide bonds. The molecule has 1 atom stereocenters. The Balaban J connectivity index is 1.58. The maximum Gasteiger partial charge on any atom is 0.243 e. The molecule has 1 aliphatic carbocycles. The monoisotopic (exact) mass is 358 g/mol. The lowest BCUT2D eigenvalue weighted by molar-refractivity contribution is -0.129. The lowest BCUT2D eigenvalue weighted by Crippen LogP contribution is -2.33. The van der Waals surface area contributed by atoms with Gasteiger partial charge in [0.25, 0.3) is 0 Å². The molecule has 5 nitrogen and oxygen atoms in total. The lowest BCUT2D eigenvalue weighted by Gasteiger charge is -2.34. The maximum atomic E-state index is 13.1. The van der Waals surface area contributed by atoms with Crippen LogP contribution in [0.4, 0.5) is 5.69 Å². The molecule has 1 unspecified atom stereocenters. The van der Waals surface area contributed by atoms with Crippen LogP contribution < -0.4 is 10.4 Å². The first-order valence-corrected chi connectivity index (χ1v) is 9.89. The van der Waals surface area contributed by atoms with Crippen LogP contribution in [0.2, 0.25) is 0 Å². The highest BCUT2D eigenvalue weighted by Crippen LogP contribution is 2.40. The zero-order valence-electron chi connectivity index (χ0n) is 15.7. The van der Waals surface area contributed by atoms with Crippen LogP contribution in [0.15, 0.2) is 18.2 Å². The van der Waals surface area contributed by atoms with E-state index in [1.807, 2.05) is 6.07 Å². The Labute approximate surface area is 155 Å². The predicted octanol–water partition coefficient (Wildman–Crippen LogP) is 3.88. The summed E-state index contributed by atoms with van der Waals surface area (Å²) in [5.74, 6) is -0.0625. The van der Waals surface area contributed by atoms with Crippen LogP contribution in [-0.4, -0.2) is 30.0 Å². The standard InChI is InChI=1S/C21H30N2O3/c1-21(11-4-2-3-7-19(24)22-26)12-10-16-15-17(23-13-5-6-14-23)8-9-18(16)20(21)25/h8-9,15,26H,2-7,10-14H2,1H3,(H,22,24). The zero-order valence-corrected chi connectivity index (χ0v) is 15.7. The summed E-state index contributed by atoms with van der Waals surface area (Å²) in [6.07, 6.45) is 8.16. The number of anilines is 1. The molecule has 5 heteroatoms. The molecular weight excluding hydrogens is 328 g/mol. The van der Waals surface area contributed by atoms with E-state index < -0.39 is 0 Å². The van der Waals surface area contributed by atoms with Gasteiger partial charge in [0.05, 0.1) is 0 Å². The predicted molar refractivity (Wildman–Crippen MR) is 102 cm³/mol. The fraction of sp³-hybridized carbons (Fsp3) is 0.619. The molecule has 142 valence electrons. The van der Waals surface area contributed by atoms with E-state index in [2.05, 4.69) is 24.0 Å². The van der Waals surface area contributed by atoms with Crippen molar-refractivity contribution in [3.8, 4) is 0 Å². The maximum absolute atomic E-state index is 13.1. The number of ketones is 1. The average Bonchev–Trinajstić information content (AvgIpc) is 3.19. The van der Waals surface area contributed by atoms with E-state index in [9.17, 15) is 9.59 Å². The number of carbonyl (C=O) groups is 2. The van der Waals surface area contributed by atoms with Crippen LogP contribution in [0.25, 0.3) is 0 Å². The molecule has 2 aliphatic rings. The summed E-state index contributed by atoms with van der Waals surface area (Å²) in [4.78, 5) is 26.5. The van der Waals surface area contributed by atoms with Crippen LogP contribution in [-0.2, 0) is 11.2 Å². The summed E-state index contributed by atoms with van der Waals surface area (Å²) in [7, 11) is 0. The van der Waals surface area contributed by atoms with Crippen LogP contribution in [0, 0.1) is 5.41 Å². The van der Waals surface area contributed by atoms with Gasteiger partial charge < -0.3 is 4.90 Å². The Morgan fingerprint density at radius 3 is 2.73 bits per heavy atom. The van der Waals surface area contributed by atoms with E-state index in [1.54, 1.807) is 5.48 Å². The number of benzene rings is 1. The van der Waals surface area contributed by atoms with E-state index in [0.29, 0.717) is 6.42 Å². The van der Waals surface area contributed by atoms with Crippen molar-refractivity contribution in [3.63, 3.8) is 0 Å². The fourth-order valence-electron chi connectivity index (χ4n) is 4.30. The summed E-state index contributed by atoms with van der Waals surface area (Å²) in [6.45, 7) is 4.34. The molecule has 1 saturated heterocycles. The lowest BCUT2D eigenvalue weighted by atomic mass is 9.69. The fourth-order valence-corrected chi connectivity index (χ4v) is 4.30. The van der Waals surface area contributed by atoms with Crippen LogP contribution in [0.1, 0.15) is 74.2 Å². The van der Waals surface area contributed by atoms with Gasteiger partial charge in [-0.3, -0.25) is 14.8 Å².